The fourth-order valence-electron chi connectivity index (χ4n) is 0.668. The molecule has 0 amide bonds. The summed E-state index contributed by atoms with van der Waals surface area (Å²) < 4.78 is 0. The molecule has 0 aromatic carbocycles. The molecule has 0 aliphatic carbocycles. The molecule has 0 rings (SSSR count). The molecule has 0 aromatic rings. The van der Waals surface area contributed by atoms with E-state index in [0.717, 1.165) is 12.0 Å². The van der Waals surface area contributed by atoms with Gasteiger partial charge in [-0.1, -0.05) is 19.9 Å². The van der Waals surface area contributed by atoms with Crippen LogP contribution in [-0.4, -0.2) is 0 Å². The van der Waals surface area contributed by atoms with Gasteiger partial charge in [0.05, 0.1) is 6.07 Å². The zero-order valence-electron chi connectivity index (χ0n) is 6.31. The molecule has 1 heteroatoms. The molecule has 0 saturated carbocycles. The van der Waals surface area contributed by atoms with Gasteiger partial charge in [-0.3, -0.25) is 0 Å². The van der Waals surface area contributed by atoms with E-state index in [4.69, 9.17) is 5.26 Å². The average molecular weight is 123 g/mol. The summed E-state index contributed by atoms with van der Waals surface area (Å²) in [6.07, 6.45) is 2.78. The predicted octanol–water partition coefficient (Wildman–Crippen LogP) is 2.50. The van der Waals surface area contributed by atoms with Crippen LogP contribution in [0.3, 0.4) is 0 Å². The Morgan fingerprint density at radius 2 is 2.22 bits per heavy atom. The molecule has 50 valence electrons. The van der Waals surface area contributed by atoms with E-state index in [9.17, 15) is 0 Å². The van der Waals surface area contributed by atoms with Gasteiger partial charge in [-0.15, -0.1) is 0 Å². The Labute approximate surface area is 57.0 Å². The maximum atomic E-state index is 8.46. The van der Waals surface area contributed by atoms with Gasteiger partial charge in [0.15, 0.2) is 0 Å². The summed E-state index contributed by atoms with van der Waals surface area (Å²) >= 11 is 0. The number of nitrogens with zero attached hydrogens (tertiary/aromatic N) is 1. The Morgan fingerprint density at radius 3 is 2.33 bits per heavy atom. The molecule has 0 radical (unpaired) electrons. The molecule has 0 bridgehead atoms. The van der Waals surface area contributed by atoms with Gasteiger partial charge in [0.1, 0.15) is 0 Å². The van der Waals surface area contributed by atoms with E-state index in [1.807, 2.05) is 13.0 Å². The summed E-state index contributed by atoms with van der Waals surface area (Å²) in [5.74, 6) is 0.593. The fraction of sp³-hybridized carbons (Fsp3) is 0.625. The summed E-state index contributed by atoms with van der Waals surface area (Å²) in [6.45, 7) is 6.13. The summed E-state index contributed by atoms with van der Waals surface area (Å²) in [5, 5.41) is 8.46. The molecular weight excluding hydrogens is 110 g/mol. The van der Waals surface area contributed by atoms with E-state index in [1.54, 1.807) is 0 Å². The van der Waals surface area contributed by atoms with Gasteiger partial charge in [0.2, 0.25) is 0 Å². The third kappa shape index (κ3) is 3.78. The van der Waals surface area contributed by atoms with Crippen molar-refractivity contribution >= 4 is 0 Å². The van der Waals surface area contributed by atoms with Crippen molar-refractivity contribution in [1.82, 2.24) is 0 Å². The van der Waals surface area contributed by atoms with E-state index in [2.05, 4.69) is 19.9 Å². The van der Waals surface area contributed by atoms with Gasteiger partial charge in [0, 0.05) is 5.57 Å². The number of hydrogen-bond donors (Lipinski definition) is 0. The largest absolute Gasteiger partial charge is 0.193 e. The minimum Gasteiger partial charge on any atom is -0.193 e. The van der Waals surface area contributed by atoms with Crippen LogP contribution in [0.1, 0.15) is 27.2 Å². The maximum Gasteiger partial charge on any atom is 0.0943 e. The van der Waals surface area contributed by atoms with Crippen LogP contribution in [0, 0.1) is 17.2 Å². The summed E-state index contributed by atoms with van der Waals surface area (Å²) in [5.41, 5.74) is 0.894. The van der Waals surface area contributed by atoms with Crippen molar-refractivity contribution in [2.45, 2.75) is 27.2 Å². The number of allylic oxidation sites excluding steroid dienone is 2. The Morgan fingerprint density at radius 1 is 1.67 bits per heavy atom. The van der Waals surface area contributed by atoms with Crippen molar-refractivity contribution in [1.29, 1.82) is 5.26 Å². The Hall–Kier alpha value is -0.770. The fourth-order valence-corrected chi connectivity index (χ4v) is 0.668. The average Bonchev–Trinajstić information content (AvgIpc) is 1.82. The Bertz CT molecular complexity index is 137. The van der Waals surface area contributed by atoms with E-state index in [-0.39, 0.29) is 0 Å². The first kappa shape index (κ1) is 8.23. The van der Waals surface area contributed by atoms with Crippen molar-refractivity contribution in [3.8, 4) is 6.07 Å². The quantitative estimate of drug-likeness (QED) is 0.517. The second-order valence-corrected chi connectivity index (χ2v) is 2.52. The van der Waals surface area contributed by atoms with E-state index in [1.165, 1.54) is 0 Å². The van der Waals surface area contributed by atoms with Crippen LogP contribution < -0.4 is 0 Å². The molecular formula is C8H13N. The van der Waals surface area contributed by atoms with Gasteiger partial charge < -0.3 is 0 Å². The van der Waals surface area contributed by atoms with Crippen LogP contribution in [-0.2, 0) is 0 Å². The van der Waals surface area contributed by atoms with E-state index in [0.29, 0.717) is 5.92 Å². The molecule has 0 aromatic heterocycles. The molecule has 1 nitrogen and oxygen atoms in total. The lowest BCUT2D eigenvalue weighted by molar-refractivity contribution is 0.651. The predicted molar refractivity (Wildman–Crippen MR) is 38.8 cm³/mol. The van der Waals surface area contributed by atoms with Crippen molar-refractivity contribution < 1.29 is 0 Å². The monoisotopic (exact) mass is 123 g/mol. The lowest BCUT2D eigenvalue weighted by Gasteiger charge is -1.99. The molecule has 0 heterocycles. The van der Waals surface area contributed by atoms with Crippen molar-refractivity contribution in [3.05, 3.63) is 11.6 Å². The molecule has 0 aliphatic rings. The molecule has 9 heavy (non-hydrogen) atoms. The Balaban J connectivity index is 3.76. The van der Waals surface area contributed by atoms with Crippen LogP contribution in [0.15, 0.2) is 11.6 Å². The SMILES string of the molecule is C/C=C(\C#N)CC(C)C. The van der Waals surface area contributed by atoms with Crippen LogP contribution in [0.25, 0.3) is 0 Å². The second kappa shape index (κ2) is 4.14. The van der Waals surface area contributed by atoms with E-state index < -0.39 is 0 Å². The zero-order chi connectivity index (χ0) is 7.28. The minimum atomic E-state index is 0.593. The molecule has 0 saturated heterocycles. The Kier molecular flexibility index (Phi) is 3.79. The van der Waals surface area contributed by atoms with Gasteiger partial charge in [-0.05, 0) is 19.3 Å². The minimum absolute atomic E-state index is 0.593. The third-order valence-corrected chi connectivity index (χ3v) is 1.12. The molecule has 0 N–H and O–H groups in total. The summed E-state index contributed by atoms with van der Waals surface area (Å²) in [6, 6.07) is 2.14. The van der Waals surface area contributed by atoms with Gasteiger partial charge in [-0.25, -0.2) is 0 Å². The smallest absolute Gasteiger partial charge is 0.0943 e. The van der Waals surface area contributed by atoms with Crippen molar-refractivity contribution in [3.63, 3.8) is 0 Å². The second-order valence-electron chi connectivity index (χ2n) is 2.52. The highest BCUT2D eigenvalue weighted by Gasteiger charge is 1.96. The maximum absolute atomic E-state index is 8.46. The first-order chi connectivity index (χ1) is 4.20. The molecule has 0 fully saturated rings. The number of rotatable bonds is 2. The molecule has 0 atom stereocenters. The highest BCUT2D eigenvalue weighted by atomic mass is 14.2. The zero-order valence-corrected chi connectivity index (χ0v) is 6.31. The van der Waals surface area contributed by atoms with Crippen LogP contribution >= 0.6 is 0 Å². The topological polar surface area (TPSA) is 23.8 Å². The number of hydrogen-bond acceptors (Lipinski definition) is 1. The molecule has 0 aliphatic heterocycles. The van der Waals surface area contributed by atoms with E-state index >= 15 is 0 Å². The first-order valence-electron chi connectivity index (χ1n) is 3.26. The van der Waals surface area contributed by atoms with Gasteiger partial charge >= 0.3 is 0 Å². The normalized spacial score (nSPS) is 11.7. The van der Waals surface area contributed by atoms with Crippen molar-refractivity contribution in [2.75, 3.05) is 0 Å². The molecule has 0 unspecified atom stereocenters. The van der Waals surface area contributed by atoms with Crippen molar-refractivity contribution in [2.24, 2.45) is 5.92 Å². The molecule has 0 spiro atoms. The summed E-state index contributed by atoms with van der Waals surface area (Å²) in [7, 11) is 0. The third-order valence-electron chi connectivity index (χ3n) is 1.12. The van der Waals surface area contributed by atoms with Crippen LogP contribution in [0.4, 0.5) is 0 Å². The highest BCUT2D eigenvalue weighted by molar-refractivity contribution is 5.19. The van der Waals surface area contributed by atoms with Crippen LogP contribution in [0.2, 0.25) is 0 Å². The first-order valence-corrected chi connectivity index (χ1v) is 3.26. The standard InChI is InChI=1S/C8H13N/c1-4-8(6-9)5-7(2)3/h4,7H,5H2,1-3H3/b8-4-. The summed E-state index contributed by atoms with van der Waals surface area (Å²) in [4.78, 5) is 0. The number of nitriles is 1. The lowest BCUT2D eigenvalue weighted by Crippen LogP contribution is -1.88. The van der Waals surface area contributed by atoms with Crippen LogP contribution in [0.5, 0.6) is 0 Å². The highest BCUT2D eigenvalue weighted by Crippen LogP contribution is 2.08. The lowest BCUT2D eigenvalue weighted by atomic mass is 10.0. The van der Waals surface area contributed by atoms with Gasteiger partial charge in [-0.2, -0.15) is 5.26 Å². The van der Waals surface area contributed by atoms with Gasteiger partial charge in [0.25, 0.3) is 0 Å².